The molecule has 0 saturated carbocycles. The zero-order valence-electron chi connectivity index (χ0n) is 23.3. The third-order valence-corrected chi connectivity index (χ3v) is 7.52. The van der Waals surface area contributed by atoms with E-state index in [-0.39, 0.29) is 12.1 Å². The maximum Gasteiger partial charge on any atom is 0.336 e. The van der Waals surface area contributed by atoms with Gasteiger partial charge < -0.3 is 20.1 Å². The van der Waals surface area contributed by atoms with Gasteiger partial charge in [-0.2, -0.15) is 4.98 Å². The van der Waals surface area contributed by atoms with Crippen molar-refractivity contribution in [1.29, 1.82) is 0 Å². The van der Waals surface area contributed by atoms with Gasteiger partial charge >= 0.3 is 6.03 Å². The monoisotopic (exact) mass is 552 g/mol. The number of hydrogen-bond donors (Lipinski definition) is 2. The Morgan fingerprint density at radius 3 is 2.39 bits per heavy atom. The van der Waals surface area contributed by atoms with Gasteiger partial charge in [0.15, 0.2) is 5.82 Å². The Bertz CT molecular complexity index is 1530. The number of anilines is 6. The molecule has 0 atom stereocenters. The van der Waals surface area contributed by atoms with Crippen molar-refractivity contribution < 1.29 is 14.6 Å². The third-order valence-electron chi connectivity index (χ3n) is 7.52. The van der Waals surface area contributed by atoms with Gasteiger partial charge in [0.25, 0.3) is 0 Å². The summed E-state index contributed by atoms with van der Waals surface area (Å²) >= 11 is 0. The number of ether oxygens (including phenoxy) is 1. The van der Waals surface area contributed by atoms with Crippen LogP contribution in [0.4, 0.5) is 39.6 Å². The van der Waals surface area contributed by atoms with Crippen LogP contribution in [0.2, 0.25) is 0 Å². The lowest BCUT2D eigenvalue weighted by Gasteiger charge is -2.36. The number of benzene rings is 1. The van der Waals surface area contributed by atoms with Gasteiger partial charge in [-0.15, -0.1) is 0 Å². The second kappa shape index (κ2) is 11.0. The lowest BCUT2D eigenvalue weighted by molar-refractivity contribution is 0.145. The largest absolute Gasteiger partial charge is 0.495 e. The van der Waals surface area contributed by atoms with Gasteiger partial charge in [-0.1, -0.05) is 18.2 Å². The number of carbonyl (C=O) groups is 1. The Morgan fingerprint density at radius 2 is 1.73 bits per heavy atom. The molecule has 11 nitrogen and oxygen atoms in total. The first kappa shape index (κ1) is 26.5. The average molecular weight is 553 g/mol. The topological polar surface area (TPSA) is 120 Å². The maximum atomic E-state index is 14.1. The summed E-state index contributed by atoms with van der Waals surface area (Å²) < 4.78 is 5.28. The molecule has 6 rings (SSSR count). The van der Waals surface area contributed by atoms with E-state index in [1.54, 1.807) is 42.7 Å². The van der Waals surface area contributed by atoms with Crippen molar-refractivity contribution in [3.8, 4) is 5.75 Å². The molecule has 0 bridgehead atoms. The highest BCUT2D eigenvalue weighted by molar-refractivity contribution is 6.10. The van der Waals surface area contributed by atoms with Crippen LogP contribution >= 0.6 is 0 Å². The van der Waals surface area contributed by atoms with Crippen LogP contribution < -0.4 is 24.8 Å². The first-order valence-electron chi connectivity index (χ1n) is 13.6. The highest BCUT2D eigenvalue weighted by Gasteiger charge is 2.36. The molecule has 3 aromatic heterocycles. The quantitative estimate of drug-likeness (QED) is 0.345. The molecule has 4 aromatic rings. The first-order valence-corrected chi connectivity index (χ1v) is 13.6. The van der Waals surface area contributed by atoms with Crippen molar-refractivity contribution >= 4 is 40.8 Å². The molecule has 210 valence electrons. The number of methoxy groups -OCH3 is 1. The van der Waals surface area contributed by atoms with Gasteiger partial charge in [-0.25, -0.2) is 24.6 Å². The highest BCUT2D eigenvalue weighted by Crippen LogP contribution is 2.38. The van der Waals surface area contributed by atoms with E-state index in [2.05, 4.69) is 25.2 Å². The number of aromatic nitrogens is 4. The third kappa shape index (κ3) is 5.23. The van der Waals surface area contributed by atoms with Crippen molar-refractivity contribution in [1.82, 2.24) is 19.9 Å². The van der Waals surface area contributed by atoms with Crippen molar-refractivity contribution in [2.24, 2.45) is 0 Å². The molecular formula is C30H32N8O3. The number of aryl methyl sites for hydroxylation is 2. The van der Waals surface area contributed by atoms with Crippen LogP contribution in [0.5, 0.6) is 5.75 Å². The fourth-order valence-corrected chi connectivity index (χ4v) is 5.34. The Hall–Kier alpha value is -4.77. The van der Waals surface area contributed by atoms with Crippen LogP contribution in [-0.4, -0.2) is 57.4 Å². The van der Waals surface area contributed by atoms with Gasteiger partial charge in [0.2, 0.25) is 5.95 Å². The lowest BCUT2D eigenvalue weighted by Crippen LogP contribution is -2.46. The molecule has 2 N–H and O–H groups in total. The number of hydrogen-bond acceptors (Lipinski definition) is 9. The standard InChI is InChI=1S/C30H32N8O3/c1-19-5-4-6-20(2)27(19)37-18-21-15-33-29(34-25-9-7-22(16-31-25)36-13-11-23(39)12-14-36)35-28(21)38(30(37)40)26-10-8-24(41-3)17-32-26/h4-10,15-17,23,39H,11-14,18H2,1-3H3,(H,31,33,34,35). The molecule has 2 amide bonds. The summed E-state index contributed by atoms with van der Waals surface area (Å²) in [5, 5.41) is 13.0. The van der Waals surface area contributed by atoms with E-state index in [0.717, 1.165) is 54.0 Å². The number of aliphatic hydroxyl groups excluding tert-OH is 1. The van der Waals surface area contributed by atoms with E-state index in [1.165, 1.54) is 4.90 Å². The SMILES string of the molecule is COc1ccc(N2C(=O)N(c3c(C)cccc3C)Cc3cnc(Nc4ccc(N5CCC(O)CC5)cn4)nc32)nc1. The smallest absolute Gasteiger partial charge is 0.336 e. The number of carbonyl (C=O) groups excluding carboxylic acids is 1. The number of fused-ring (bicyclic) bond motifs is 1. The predicted molar refractivity (Wildman–Crippen MR) is 157 cm³/mol. The second-order valence-corrected chi connectivity index (χ2v) is 10.3. The molecule has 0 spiro atoms. The van der Waals surface area contributed by atoms with E-state index in [1.807, 2.05) is 44.2 Å². The number of pyridine rings is 2. The second-order valence-electron chi connectivity index (χ2n) is 10.3. The minimum Gasteiger partial charge on any atom is -0.495 e. The molecule has 2 aliphatic heterocycles. The minimum atomic E-state index is -0.258. The highest BCUT2D eigenvalue weighted by atomic mass is 16.5. The normalized spacial score (nSPS) is 15.6. The number of aliphatic hydroxyl groups is 1. The summed E-state index contributed by atoms with van der Waals surface area (Å²) in [6.07, 6.45) is 6.40. The van der Waals surface area contributed by atoms with E-state index >= 15 is 0 Å². The summed E-state index contributed by atoms with van der Waals surface area (Å²) in [6, 6.07) is 13.1. The van der Waals surface area contributed by atoms with Crippen LogP contribution in [0.25, 0.3) is 0 Å². The van der Waals surface area contributed by atoms with E-state index in [4.69, 9.17) is 9.72 Å². The van der Waals surface area contributed by atoms with E-state index < -0.39 is 0 Å². The fourth-order valence-electron chi connectivity index (χ4n) is 5.34. The molecule has 41 heavy (non-hydrogen) atoms. The molecule has 11 heteroatoms. The number of piperidine rings is 1. The summed E-state index contributed by atoms with van der Waals surface area (Å²) in [6.45, 7) is 5.91. The zero-order chi connectivity index (χ0) is 28.5. The molecular weight excluding hydrogens is 520 g/mol. The Kier molecular flexibility index (Phi) is 7.10. The van der Waals surface area contributed by atoms with Gasteiger partial charge in [0.1, 0.15) is 17.4 Å². The first-order chi connectivity index (χ1) is 19.9. The number of nitrogens with one attached hydrogen (secondary N) is 1. The number of urea groups is 1. The summed E-state index contributed by atoms with van der Waals surface area (Å²) in [4.78, 5) is 37.9. The van der Waals surface area contributed by atoms with Gasteiger partial charge in [0.05, 0.1) is 43.5 Å². The fraction of sp³-hybridized carbons (Fsp3) is 0.300. The predicted octanol–water partition coefficient (Wildman–Crippen LogP) is 4.88. The van der Waals surface area contributed by atoms with Crippen LogP contribution in [0.1, 0.15) is 29.5 Å². The van der Waals surface area contributed by atoms with Crippen molar-refractivity contribution in [3.05, 3.63) is 77.7 Å². The number of para-hydroxylation sites is 1. The maximum absolute atomic E-state index is 14.1. The Morgan fingerprint density at radius 1 is 0.951 bits per heavy atom. The van der Waals surface area contributed by atoms with Crippen LogP contribution in [0, 0.1) is 13.8 Å². The van der Waals surface area contributed by atoms with E-state index in [0.29, 0.717) is 35.7 Å². The van der Waals surface area contributed by atoms with Crippen LogP contribution in [0.3, 0.4) is 0 Å². The molecule has 1 aromatic carbocycles. The zero-order valence-corrected chi connectivity index (χ0v) is 23.3. The van der Waals surface area contributed by atoms with Crippen molar-refractivity contribution in [2.75, 3.05) is 40.2 Å². The molecule has 5 heterocycles. The molecule has 1 saturated heterocycles. The van der Waals surface area contributed by atoms with E-state index in [9.17, 15) is 9.90 Å². The summed E-state index contributed by atoms with van der Waals surface area (Å²) in [5.74, 6) is 2.37. The van der Waals surface area contributed by atoms with Gasteiger partial charge in [-0.3, -0.25) is 4.90 Å². The Labute approximate surface area is 238 Å². The molecule has 0 unspecified atom stereocenters. The number of rotatable bonds is 6. The summed E-state index contributed by atoms with van der Waals surface area (Å²) in [7, 11) is 1.57. The molecule has 0 radical (unpaired) electrons. The molecule has 1 fully saturated rings. The van der Waals surface area contributed by atoms with Gasteiger partial charge in [0, 0.05) is 24.8 Å². The average Bonchev–Trinajstić information content (AvgIpc) is 2.98. The minimum absolute atomic E-state index is 0.228. The number of nitrogens with zero attached hydrogens (tertiary/aromatic N) is 7. The molecule has 2 aliphatic rings. The van der Waals surface area contributed by atoms with Crippen LogP contribution in [0.15, 0.2) is 61.1 Å². The molecule has 0 aliphatic carbocycles. The lowest BCUT2D eigenvalue weighted by atomic mass is 10.1. The van der Waals surface area contributed by atoms with Crippen molar-refractivity contribution in [2.45, 2.75) is 39.3 Å². The van der Waals surface area contributed by atoms with Crippen molar-refractivity contribution in [3.63, 3.8) is 0 Å². The summed E-state index contributed by atoms with van der Waals surface area (Å²) in [5.41, 5.74) is 4.64. The Balaban J connectivity index is 1.32. The van der Waals surface area contributed by atoms with Gasteiger partial charge in [-0.05, 0) is 62.1 Å². The van der Waals surface area contributed by atoms with Crippen LogP contribution in [-0.2, 0) is 6.54 Å². The number of amides is 2.